The summed E-state index contributed by atoms with van der Waals surface area (Å²) in [6, 6.07) is 27.6. The Balaban J connectivity index is 1.61. The molecule has 0 radical (unpaired) electrons. The third-order valence-electron chi connectivity index (χ3n) is 6.66. The van der Waals surface area contributed by atoms with Crippen molar-refractivity contribution in [2.45, 2.75) is 38.4 Å². The second-order valence-electron chi connectivity index (χ2n) is 10.4. The van der Waals surface area contributed by atoms with E-state index >= 15 is 0 Å². The van der Waals surface area contributed by atoms with E-state index in [4.69, 9.17) is 16.3 Å². The zero-order valence-electron chi connectivity index (χ0n) is 23.6. The van der Waals surface area contributed by atoms with Gasteiger partial charge in [0.05, 0.1) is 25.1 Å². The summed E-state index contributed by atoms with van der Waals surface area (Å²) in [7, 11) is -2.28. The lowest BCUT2D eigenvalue weighted by Crippen LogP contribution is -2.44. The van der Waals surface area contributed by atoms with E-state index in [2.05, 4.69) is 4.57 Å². The Labute approximate surface area is 248 Å². The number of rotatable bonds is 13. The van der Waals surface area contributed by atoms with Gasteiger partial charge in [-0.2, -0.15) is 4.31 Å². The number of hydrogen-bond donors (Lipinski definition) is 0. The van der Waals surface area contributed by atoms with Gasteiger partial charge in [-0.25, -0.2) is 8.42 Å². The molecular formula is C32H36ClN3O4S. The molecule has 1 heterocycles. The molecule has 0 aliphatic heterocycles. The van der Waals surface area contributed by atoms with Gasteiger partial charge in [-0.05, 0) is 65.6 Å². The normalized spacial score (nSPS) is 11.7. The minimum Gasteiger partial charge on any atom is -0.497 e. The molecule has 4 rings (SSSR count). The smallest absolute Gasteiger partial charge is 0.243 e. The molecule has 0 aliphatic rings. The lowest BCUT2D eigenvalue weighted by Gasteiger charge is -2.29. The van der Waals surface area contributed by atoms with E-state index in [1.165, 1.54) is 16.4 Å². The van der Waals surface area contributed by atoms with Crippen molar-refractivity contribution >= 4 is 27.5 Å². The van der Waals surface area contributed by atoms with E-state index in [9.17, 15) is 13.2 Å². The summed E-state index contributed by atoms with van der Waals surface area (Å²) in [5.41, 5.74) is 2.97. The van der Waals surface area contributed by atoms with Crippen LogP contribution < -0.4 is 4.74 Å². The van der Waals surface area contributed by atoms with Crippen LogP contribution in [-0.4, -0.2) is 48.3 Å². The number of carbonyl (C=O) groups excluding carboxylic acids is 1. The van der Waals surface area contributed by atoms with E-state index in [1.807, 2.05) is 86.8 Å². The first-order valence-electron chi connectivity index (χ1n) is 13.5. The van der Waals surface area contributed by atoms with Crippen molar-refractivity contribution < 1.29 is 17.9 Å². The third-order valence-corrected chi connectivity index (χ3v) is 8.74. The summed E-state index contributed by atoms with van der Waals surface area (Å²) >= 11 is 6.00. The third kappa shape index (κ3) is 8.22. The van der Waals surface area contributed by atoms with Crippen LogP contribution in [0.5, 0.6) is 5.75 Å². The molecule has 3 aromatic carbocycles. The average molecular weight is 594 g/mol. The maximum atomic E-state index is 13.9. The molecule has 0 atom stereocenters. The molecule has 0 N–H and O–H groups in total. The van der Waals surface area contributed by atoms with Crippen LogP contribution in [0, 0.1) is 5.92 Å². The number of ether oxygens (including phenoxy) is 1. The molecule has 7 nitrogen and oxygen atoms in total. The first kappa shape index (κ1) is 30.4. The molecular weight excluding hydrogens is 558 g/mol. The fourth-order valence-electron chi connectivity index (χ4n) is 4.61. The van der Waals surface area contributed by atoms with Crippen molar-refractivity contribution in [3.63, 3.8) is 0 Å². The van der Waals surface area contributed by atoms with E-state index in [-0.39, 0.29) is 29.8 Å². The Morgan fingerprint density at radius 1 is 0.902 bits per heavy atom. The number of carbonyl (C=O) groups is 1. The van der Waals surface area contributed by atoms with Crippen LogP contribution in [0.3, 0.4) is 0 Å². The van der Waals surface area contributed by atoms with Crippen molar-refractivity contribution in [1.29, 1.82) is 0 Å². The monoisotopic (exact) mass is 593 g/mol. The summed E-state index contributed by atoms with van der Waals surface area (Å²) < 4.78 is 36.0. The predicted molar refractivity (Wildman–Crippen MR) is 162 cm³/mol. The van der Waals surface area contributed by atoms with Gasteiger partial charge in [-0.3, -0.25) is 4.79 Å². The van der Waals surface area contributed by atoms with Crippen molar-refractivity contribution in [3.05, 3.63) is 119 Å². The van der Waals surface area contributed by atoms with Crippen LogP contribution in [0.25, 0.3) is 0 Å². The summed E-state index contributed by atoms with van der Waals surface area (Å²) in [5.74, 6) is 0.526. The largest absolute Gasteiger partial charge is 0.497 e. The number of aromatic nitrogens is 1. The van der Waals surface area contributed by atoms with Crippen LogP contribution in [0.4, 0.5) is 0 Å². The molecule has 0 fully saturated rings. The van der Waals surface area contributed by atoms with E-state index in [0.29, 0.717) is 24.7 Å². The minimum atomic E-state index is -3.92. The summed E-state index contributed by atoms with van der Waals surface area (Å²) in [6.45, 7) is 5.08. The number of benzene rings is 3. The Hall–Kier alpha value is -3.59. The molecule has 1 aromatic heterocycles. The highest BCUT2D eigenvalue weighted by molar-refractivity contribution is 7.89. The van der Waals surface area contributed by atoms with Gasteiger partial charge in [0.1, 0.15) is 5.75 Å². The van der Waals surface area contributed by atoms with E-state index in [0.717, 1.165) is 22.6 Å². The van der Waals surface area contributed by atoms with Crippen LogP contribution >= 0.6 is 11.6 Å². The number of methoxy groups -OCH3 is 1. The molecule has 9 heteroatoms. The molecule has 4 aromatic rings. The van der Waals surface area contributed by atoms with Crippen molar-refractivity contribution in [1.82, 2.24) is 13.8 Å². The fraction of sp³-hybridized carbons (Fsp3) is 0.281. The standard InChI is InChI=1S/C32H36ClN3O4S/c1-25(2)20-36(41(38,39)31-16-14-28(33)15-17-31)24-32(37)35(21-26-9-5-4-6-10-26)23-29-12-8-18-34(29)22-27-11-7-13-30(19-27)40-3/h4-19,25H,20-24H2,1-3H3. The molecule has 0 aliphatic carbocycles. The molecule has 0 unspecified atom stereocenters. The summed E-state index contributed by atoms with van der Waals surface area (Å²) in [6.07, 6.45) is 1.98. The number of sulfonamides is 1. The lowest BCUT2D eigenvalue weighted by molar-refractivity contribution is -0.132. The van der Waals surface area contributed by atoms with Gasteiger partial charge in [-0.1, -0.05) is 67.9 Å². The van der Waals surface area contributed by atoms with Gasteiger partial charge in [0.2, 0.25) is 15.9 Å². The highest BCUT2D eigenvalue weighted by Gasteiger charge is 2.29. The highest BCUT2D eigenvalue weighted by Crippen LogP contribution is 2.21. The van der Waals surface area contributed by atoms with Crippen LogP contribution in [0.2, 0.25) is 5.02 Å². The molecule has 216 valence electrons. The Kier molecular flexibility index (Phi) is 10.3. The first-order valence-corrected chi connectivity index (χ1v) is 15.3. The second kappa shape index (κ2) is 13.9. The Morgan fingerprint density at radius 3 is 2.29 bits per heavy atom. The molecule has 0 saturated heterocycles. The summed E-state index contributed by atoms with van der Waals surface area (Å²) in [5, 5.41) is 0.446. The van der Waals surface area contributed by atoms with Gasteiger partial charge >= 0.3 is 0 Å². The van der Waals surface area contributed by atoms with Gasteiger partial charge in [-0.15, -0.1) is 0 Å². The molecule has 1 amide bonds. The Bertz CT molecular complexity index is 1540. The average Bonchev–Trinajstić information content (AvgIpc) is 3.39. The highest BCUT2D eigenvalue weighted by atomic mass is 35.5. The topological polar surface area (TPSA) is 71.8 Å². The van der Waals surface area contributed by atoms with Gasteiger partial charge < -0.3 is 14.2 Å². The molecule has 0 bridgehead atoms. The predicted octanol–water partition coefficient (Wildman–Crippen LogP) is 6.07. The number of hydrogen-bond acceptors (Lipinski definition) is 4. The van der Waals surface area contributed by atoms with Gasteiger partial charge in [0.15, 0.2) is 0 Å². The Morgan fingerprint density at radius 2 is 1.61 bits per heavy atom. The SMILES string of the molecule is COc1cccc(Cn2cccc2CN(Cc2ccccc2)C(=O)CN(CC(C)C)S(=O)(=O)c2ccc(Cl)cc2)c1. The number of halogens is 1. The summed E-state index contributed by atoms with van der Waals surface area (Å²) in [4.78, 5) is 15.8. The maximum absolute atomic E-state index is 13.9. The van der Waals surface area contributed by atoms with Crippen molar-refractivity contribution in [3.8, 4) is 5.75 Å². The van der Waals surface area contributed by atoms with Crippen molar-refractivity contribution in [2.75, 3.05) is 20.2 Å². The molecule has 0 spiro atoms. The minimum absolute atomic E-state index is 0.0209. The van der Waals surface area contributed by atoms with Crippen LogP contribution in [-0.2, 0) is 34.5 Å². The maximum Gasteiger partial charge on any atom is 0.243 e. The number of nitrogens with zero attached hydrogens (tertiary/aromatic N) is 3. The zero-order valence-corrected chi connectivity index (χ0v) is 25.2. The van der Waals surface area contributed by atoms with Crippen molar-refractivity contribution in [2.24, 2.45) is 5.92 Å². The second-order valence-corrected chi connectivity index (χ2v) is 12.7. The first-order chi connectivity index (χ1) is 19.7. The lowest BCUT2D eigenvalue weighted by atomic mass is 10.2. The number of amides is 1. The van der Waals surface area contributed by atoms with Crippen LogP contribution in [0.15, 0.2) is 102 Å². The fourth-order valence-corrected chi connectivity index (χ4v) is 6.29. The van der Waals surface area contributed by atoms with E-state index < -0.39 is 10.0 Å². The van der Waals surface area contributed by atoms with Gasteiger partial charge in [0.25, 0.3) is 0 Å². The van der Waals surface area contributed by atoms with Gasteiger partial charge in [0, 0.05) is 36.5 Å². The molecule has 41 heavy (non-hydrogen) atoms. The van der Waals surface area contributed by atoms with Crippen LogP contribution in [0.1, 0.15) is 30.7 Å². The van der Waals surface area contributed by atoms with E-state index in [1.54, 1.807) is 24.1 Å². The molecule has 0 saturated carbocycles. The zero-order chi connectivity index (χ0) is 29.4. The quantitative estimate of drug-likeness (QED) is 0.188.